The molecule has 0 aliphatic carbocycles. The van der Waals surface area contributed by atoms with Crippen LogP contribution in [0.25, 0.3) is 10.4 Å². The van der Waals surface area contributed by atoms with E-state index in [4.69, 9.17) is 10.3 Å². The predicted molar refractivity (Wildman–Crippen MR) is 54.9 cm³/mol. The summed E-state index contributed by atoms with van der Waals surface area (Å²) in [4.78, 5) is 13.4. The third kappa shape index (κ3) is 3.59. The summed E-state index contributed by atoms with van der Waals surface area (Å²) in [5, 5.41) is 3.33. The van der Waals surface area contributed by atoms with Gasteiger partial charge in [-0.15, -0.1) is 0 Å². The van der Waals surface area contributed by atoms with E-state index in [1.54, 1.807) is 0 Å². The number of carbonyl (C=O) groups excluding carboxylic acids is 1. The second kappa shape index (κ2) is 5.72. The largest absolute Gasteiger partial charge is 0.458 e. The lowest BCUT2D eigenvalue weighted by atomic mass is 10.1. The Morgan fingerprint density at radius 2 is 2.19 bits per heavy atom. The van der Waals surface area contributed by atoms with Crippen molar-refractivity contribution >= 4 is 5.97 Å². The van der Waals surface area contributed by atoms with Crippen LogP contribution in [0.3, 0.4) is 0 Å². The Labute approximate surface area is 91.5 Å². The smallest absolute Gasteiger partial charge is 0.303 e. The van der Waals surface area contributed by atoms with Crippen LogP contribution in [-0.4, -0.2) is 12.5 Å². The van der Waals surface area contributed by atoms with Gasteiger partial charge in [-0.25, -0.2) is 4.39 Å². The highest BCUT2D eigenvalue weighted by Crippen LogP contribution is 2.18. The van der Waals surface area contributed by atoms with Crippen molar-refractivity contribution in [2.75, 3.05) is 6.54 Å². The Hall–Kier alpha value is -2.07. The molecule has 0 bridgehead atoms. The van der Waals surface area contributed by atoms with E-state index in [0.717, 1.165) is 0 Å². The third-order valence-electron chi connectivity index (χ3n) is 1.86. The van der Waals surface area contributed by atoms with E-state index in [1.165, 1.54) is 31.2 Å². The molecule has 0 heterocycles. The summed E-state index contributed by atoms with van der Waals surface area (Å²) in [5.74, 6) is -0.864. The van der Waals surface area contributed by atoms with Crippen molar-refractivity contribution < 1.29 is 13.9 Å². The van der Waals surface area contributed by atoms with Gasteiger partial charge in [0, 0.05) is 11.8 Å². The van der Waals surface area contributed by atoms with Crippen molar-refractivity contribution in [1.29, 1.82) is 0 Å². The van der Waals surface area contributed by atoms with Crippen molar-refractivity contribution in [2.24, 2.45) is 5.11 Å². The van der Waals surface area contributed by atoms with Crippen LogP contribution in [-0.2, 0) is 9.53 Å². The van der Waals surface area contributed by atoms with Crippen molar-refractivity contribution in [2.45, 2.75) is 13.0 Å². The zero-order valence-corrected chi connectivity index (χ0v) is 8.63. The zero-order valence-electron chi connectivity index (χ0n) is 8.63. The lowest BCUT2D eigenvalue weighted by molar-refractivity contribution is -0.146. The molecule has 0 aliphatic heterocycles. The Kier molecular flexibility index (Phi) is 4.29. The average molecular weight is 223 g/mol. The number of hydrogen-bond donors (Lipinski definition) is 0. The highest BCUT2D eigenvalue weighted by Gasteiger charge is 2.13. The lowest BCUT2D eigenvalue weighted by Crippen LogP contribution is -2.11. The molecule has 84 valence electrons. The molecule has 0 radical (unpaired) electrons. The van der Waals surface area contributed by atoms with E-state index in [-0.39, 0.29) is 12.4 Å². The van der Waals surface area contributed by atoms with Crippen LogP contribution in [0.15, 0.2) is 29.4 Å². The second-order valence-electron chi connectivity index (χ2n) is 3.06. The molecule has 5 nitrogen and oxygen atoms in total. The number of carbonyl (C=O) groups is 1. The van der Waals surface area contributed by atoms with Crippen LogP contribution in [0.4, 0.5) is 4.39 Å². The van der Waals surface area contributed by atoms with Crippen LogP contribution in [0.5, 0.6) is 0 Å². The Morgan fingerprint density at radius 3 is 2.69 bits per heavy atom. The number of halogens is 1. The number of benzene rings is 1. The summed E-state index contributed by atoms with van der Waals surface area (Å²) in [5.41, 5.74) is 8.79. The molecule has 16 heavy (non-hydrogen) atoms. The van der Waals surface area contributed by atoms with Gasteiger partial charge in [-0.05, 0) is 23.2 Å². The molecule has 0 saturated carbocycles. The number of hydrogen-bond acceptors (Lipinski definition) is 3. The molecule has 0 spiro atoms. The first-order valence-corrected chi connectivity index (χ1v) is 4.57. The molecule has 1 aromatic carbocycles. The van der Waals surface area contributed by atoms with Gasteiger partial charge in [0.05, 0.1) is 6.54 Å². The number of rotatable bonds is 4. The monoisotopic (exact) mass is 223 g/mol. The van der Waals surface area contributed by atoms with Crippen LogP contribution in [0.2, 0.25) is 0 Å². The molecular formula is C10H10FN3O2. The Balaban J connectivity index is 2.86. The minimum Gasteiger partial charge on any atom is -0.458 e. The van der Waals surface area contributed by atoms with E-state index in [0.29, 0.717) is 5.56 Å². The second-order valence-corrected chi connectivity index (χ2v) is 3.06. The summed E-state index contributed by atoms with van der Waals surface area (Å²) in [6, 6.07) is 5.47. The summed E-state index contributed by atoms with van der Waals surface area (Å²) in [7, 11) is 0. The highest BCUT2D eigenvalue weighted by molar-refractivity contribution is 5.66. The summed E-state index contributed by atoms with van der Waals surface area (Å²) in [6.45, 7) is 1.24. The molecule has 1 rings (SSSR count). The first-order chi connectivity index (χ1) is 7.63. The van der Waals surface area contributed by atoms with E-state index in [2.05, 4.69) is 10.0 Å². The lowest BCUT2D eigenvalue weighted by Gasteiger charge is -2.14. The van der Waals surface area contributed by atoms with Gasteiger partial charge >= 0.3 is 5.97 Å². The van der Waals surface area contributed by atoms with Gasteiger partial charge in [-0.2, -0.15) is 0 Å². The third-order valence-corrected chi connectivity index (χ3v) is 1.86. The molecular weight excluding hydrogens is 213 g/mol. The molecule has 1 aromatic rings. The van der Waals surface area contributed by atoms with E-state index < -0.39 is 12.1 Å². The SMILES string of the molecule is CC(=O)O[C@H](CN=[N+]=[N-])c1ccc(F)cc1. The average Bonchev–Trinajstić information content (AvgIpc) is 2.25. The fraction of sp³-hybridized carbons (Fsp3) is 0.300. The first-order valence-electron chi connectivity index (χ1n) is 4.57. The Morgan fingerprint density at radius 1 is 1.56 bits per heavy atom. The maximum absolute atomic E-state index is 12.7. The summed E-state index contributed by atoms with van der Waals surface area (Å²) in [6.07, 6.45) is -0.672. The number of azide groups is 1. The molecule has 0 aromatic heterocycles. The standard InChI is InChI=1S/C10H10FN3O2/c1-7(15)16-10(6-13-14-12)8-2-4-9(11)5-3-8/h2-5,10H,6H2,1H3/t10-/m1/s1. The van der Waals surface area contributed by atoms with Crippen molar-refractivity contribution in [1.82, 2.24) is 0 Å². The highest BCUT2D eigenvalue weighted by atomic mass is 19.1. The number of ether oxygens (including phenoxy) is 1. The predicted octanol–water partition coefficient (Wildman–Crippen LogP) is 2.74. The van der Waals surface area contributed by atoms with Gasteiger partial charge in [-0.1, -0.05) is 17.2 Å². The van der Waals surface area contributed by atoms with Gasteiger partial charge < -0.3 is 4.74 Å². The van der Waals surface area contributed by atoms with Crippen LogP contribution in [0, 0.1) is 5.82 Å². The molecule has 0 aliphatic rings. The topological polar surface area (TPSA) is 75.1 Å². The van der Waals surface area contributed by atoms with Gasteiger partial charge in [0.15, 0.2) is 0 Å². The fourth-order valence-corrected chi connectivity index (χ4v) is 1.20. The van der Waals surface area contributed by atoms with Gasteiger partial charge in [-0.3, -0.25) is 4.79 Å². The Bertz CT molecular complexity index is 409. The molecule has 0 fully saturated rings. The first kappa shape index (κ1) is 12.0. The molecule has 0 amide bonds. The minimum absolute atomic E-state index is 0.0122. The normalized spacial score (nSPS) is 11.4. The van der Waals surface area contributed by atoms with Crippen molar-refractivity contribution in [3.63, 3.8) is 0 Å². The van der Waals surface area contributed by atoms with Crippen molar-refractivity contribution in [3.8, 4) is 0 Å². The maximum atomic E-state index is 12.7. The molecule has 0 N–H and O–H groups in total. The van der Waals surface area contributed by atoms with E-state index >= 15 is 0 Å². The minimum atomic E-state index is -0.672. The number of esters is 1. The molecule has 6 heteroatoms. The fourth-order valence-electron chi connectivity index (χ4n) is 1.20. The summed E-state index contributed by atoms with van der Waals surface area (Å²) >= 11 is 0. The molecule has 0 unspecified atom stereocenters. The van der Waals surface area contributed by atoms with Crippen LogP contribution >= 0.6 is 0 Å². The zero-order chi connectivity index (χ0) is 12.0. The van der Waals surface area contributed by atoms with Gasteiger partial charge in [0.1, 0.15) is 11.9 Å². The maximum Gasteiger partial charge on any atom is 0.303 e. The molecule has 1 atom stereocenters. The van der Waals surface area contributed by atoms with Crippen molar-refractivity contribution in [3.05, 3.63) is 46.1 Å². The van der Waals surface area contributed by atoms with E-state index in [9.17, 15) is 9.18 Å². The van der Waals surface area contributed by atoms with Crippen LogP contribution < -0.4 is 0 Å². The van der Waals surface area contributed by atoms with Gasteiger partial charge in [0.25, 0.3) is 0 Å². The molecule has 0 saturated heterocycles. The van der Waals surface area contributed by atoms with Gasteiger partial charge in [0.2, 0.25) is 0 Å². The van der Waals surface area contributed by atoms with Crippen LogP contribution in [0.1, 0.15) is 18.6 Å². The quantitative estimate of drug-likeness (QED) is 0.340. The van der Waals surface area contributed by atoms with E-state index in [1.807, 2.05) is 0 Å². The summed E-state index contributed by atoms with van der Waals surface area (Å²) < 4.78 is 17.6. The number of nitrogens with zero attached hydrogens (tertiary/aromatic N) is 3.